The average Bonchev–Trinajstić information content (AvgIpc) is 2.91. The molecule has 2 nitrogen and oxygen atoms in total. The summed E-state index contributed by atoms with van der Waals surface area (Å²) in [6, 6.07) is 10.3. The van der Waals surface area contributed by atoms with Gasteiger partial charge in [-0.1, -0.05) is 18.2 Å². The second kappa shape index (κ2) is 4.94. The molecule has 1 aromatic carbocycles. The van der Waals surface area contributed by atoms with Crippen molar-refractivity contribution in [3.8, 4) is 0 Å². The Morgan fingerprint density at radius 2 is 2.17 bits per heavy atom. The lowest BCUT2D eigenvalue weighted by Gasteiger charge is -2.29. The second-order valence-corrected chi connectivity index (χ2v) is 5.37. The van der Waals surface area contributed by atoms with Crippen molar-refractivity contribution in [3.63, 3.8) is 0 Å². The van der Waals surface area contributed by atoms with E-state index in [-0.39, 0.29) is 5.91 Å². The summed E-state index contributed by atoms with van der Waals surface area (Å²) in [6.45, 7) is 0.847. The molecular formula is C15H15NOS. The SMILES string of the molecule is O=C(Cc1ccsc1)N1CCCc2ccccc21. The second-order valence-electron chi connectivity index (χ2n) is 4.59. The fourth-order valence-electron chi connectivity index (χ4n) is 2.46. The van der Waals surface area contributed by atoms with Gasteiger partial charge in [0, 0.05) is 12.2 Å². The maximum absolute atomic E-state index is 12.4. The Morgan fingerprint density at radius 3 is 3.00 bits per heavy atom. The summed E-state index contributed by atoms with van der Waals surface area (Å²) < 4.78 is 0. The van der Waals surface area contributed by atoms with Crippen LogP contribution in [0.3, 0.4) is 0 Å². The molecule has 0 radical (unpaired) electrons. The van der Waals surface area contributed by atoms with Crippen molar-refractivity contribution in [1.82, 2.24) is 0 Å². The van der Waals surface area contributed by atoms with E-state index in [1.807, 2.05) is 33.9 Å². The smallest absolute Gasteiger partial charge is 0.231 e. The van der Waals surface area contributed by atoms with Gasteiger partial charge in [0.2, 0.25) is 5.91 Å². The fraction of sp³-hybridized carbons (Fsp3) is 0.267. The Bertz CT molecular complexity index is 547. The minimum absolute atomic E-state index is 0.209. The van der Waals surface area contributed by atoms with Crippen LogP contribution < -0.4 is 4.90 Å². The summed E-state index contributed by atoms with van der Waals surface area (Å²) in [6.07, 6.45) is 2.66. The molecule has 3 heteroatoms. The maximum Gasteiger partial charge on any atom is 0.231 e. The number of aryl methyl sites for hydroxylation is 1. The predicted molar refractivity (Wildman–Crippen MR) is 75.1 cm³/mol. The molecule has 1 amide bonds. The van der Waals surface area contributed by atoms with Crippen LogP contribution in [0.5, 0.6) is 0 Å². The number of carbonyl (C=O) groups excluding carboxylic acids is 1. The van der Waals surface area contributed by atoms with Crippen LogP contribution in [0.4, 0.5) is 5.69 Å². The van der Waals surface area contributed by atoms with Crippen molar-refractivity contribution in [2.45, 2.75) is 19.3 Å². The molecule has 2 heterocycles. The number of hydrogen-bond acceptors (Lipinski definition) is 2. The molecule has 1 aromatic heterocycles. The van der Waals surface area contributed by atoms with Crippen LogP contribution in [0.2, 0.25) is 0 Å². The van der Waals surface area contributed by atoms with Gasteiger partial charge in [0.25, 0.3) is 0 Å². The van der Waals surface area contributed by atoms with Crippen molar-refractivity contribution in [1.29, 1.82) is 0 Å². The van der Waals surface area contributed by atoms with Crippen LogP contribution in [0, 0.1) is 0 Å². The van der Waals surface area contributed by atoms with Crippen molar-refractivity contribution in [2.75, 3.05) is 11.4 Å². The van der Waals surface area contributed by atoms with E-state index in [2.05, 4.69) is 12.1 Å². The minimum Gasteiger partial charge on any atom is -0.312 e. The van der Waals surface area contributed by atoms with Crippen LogP contribution in [0.1, 0.15) is 17.5 Å². The van der Waals surface area contributed by atoms with Crippen LogP contribution in [0.25, 0.3) is 0 Å². The van der Waals surface area contributed by atoms with Gasteiger partial charge < -0.3 is 4.90 Å². The number of nitrogens with zero attached hydrogens (tertiary/aromatic N) is 1. The van der Waals surface area contributed by atoms with Gasteiger partial charge in [-0.3, -0.25) is 4.79 Å². The number of carbonyl (C=O) groups is 1. The van der Waals surface area contributed by atoms with E-state index in [9.17, 15) is 4.79 Å². The number of thiophene rings is 1. The monoisotopic (exact) mass is 257 g/mol. The third-order valence-corrected chi connectivity index (χ3v) is 4.08. The first-order valence-corrected chi connectivity index (χ1v) is 7.18. The first-order valence-electron chi connectivity index (χ1n) is 6.24. The topological polar surface area (TPSA) is 20.3 Å². The Kier molecular flexibility index (Phi) is 3.15. The van der Waals surface area contributed by atoms with Gasteiger partial charge in [-0.2, -0.15) is 11.3 Å². The quantitative estimate of drug-likeness (QED) is 0.808. The molecule has 3 rings (SSSR count). The summed E-state index contributed by atoms with van der Waals surface area (Å²) in [5.74, 6) is 0.209. The minimum atomic E-state index is 0.209. The van der Waals surface area contributed by atoms with E-state index >= 15 is 0 Å². The van der Waals surface area contributed by atoms with E-state index in [1.165, 1.54) is 5.56 Å². The summed E-state index contributed by atoms with van der Waals surface area (Å²) >= 11 is 1.64. The van der Waals surface area contributed by atoms with Crippen molar-refractivity contribution < 1.29 is 4.79 Å². The summed E-state index contributed by atoms with van der Waals surface area (Å²) in [5, 5.41) is 4.07. The van der Waals surface area contributed by atoms with Crippen LogP contribution in [-0.4, -0.2) is 12.5 Å². The van der Waals surface area contributed by atoms with Gasteiger partial charge in [0.05, 0.1) is 6.42 Å². The molecule has 0 bridgehead atoms. The van der Waals surface area contributed by atoms with E-state index < -0.39 is 0 Å². The Balaban J connectivity index is 1.83. The molecule has 1 aliphatic rings. The van der Waals surface area contributed by atoms with Crippen LogP contribution in [0.15, 0.2) is 41.1 Å². The Labute approximate surface area is 111 Å². The third kappa shape index (κ3) is 2.18. The molecule has 0 unspecified atom stereocenters. The molecule has 0 N–H and O–H groups in total. The van der Waals surface area contributed by atoms with E-state index in [1.54, 1.807) is 11.3 Å². The van der Waals surface area contributed by atoms with E-state index in [4.69, 9.17) is 0 Å². The fourth-order valence-corrected chi connectivity index (χ4v) is 3.12. The van der Waals surface area contributed by atoms with Crippen molar-refractivity contribution in [2.24, 2.45) is 0 Å². The number of rotatable bonds is 2. The van der Waals surface area contributed by atoms with Gasteiger partial charge in [-0.05, 0) is 46.9 Å². The van der Waals surface area contributed by atoms with Gasteiger partial charge in [0.1, 0.15) is 0 Å². The summed E-state index contributed by atoms with van der Waals surface area (Å²) in [5.41, 5.74) is 3.51. The molecule has 0 saturated carbocycles. The third-order valence-electron chi connectivity index (χ3n) is 3.35. The highest BCUT2D eigenvalue weighted by atomic mass is 32.1. The molecule has 92 valence electrons. The largest absolute Gasteiger partial charge is 0.312 e. The first-order chi connectivity index (χ1) is 8.84. The van der Waals surface area contributed by atoms with E-state index in [0.717, 1.165) is 30.6 Å². The molecule has 0 aliphatic carbocycles. The molecule has 0 fully saturated rings. The molecule has 18 heavy (non-hydrogen) atoms. The van der Waals surface area contributed by atoms with Crippen molar-refractivity contribution in [3.05, 3.63) is 52.2 Å². The lowest BCUT2D eigenvalue weighted by Crippen LogP contribution is -2.36. The number of hydrogen-bond donors (Lipinski definition) is 0. The molecule has 1 aliphatic heterocycles. The summed E-state index contributed by atoms with van der Waals surface area (Å²) in [4.78, 5) is 14.3. The lowest BCUT2D eigenvalue weighted by atomic mass is 10.0. The first kappa shape index (κ1) is 11.5. The van der Waals surface area contributed by atoms with Crippen molar-refractivity contribution >= 4 is 22.9 Å². The zero-order chi connectivity index (χ0) is 12.4. The maximum atomic E-state index is 12.4. The van der Waals surface area contributed by atoms with Gasteiger partial charge >= 0.3 is 0 Å². The lowest BCUT2D eigenvalue weighted by molar-refractivity contribution is -0.118. The number of fused-ring (bicyclic) bond motifs is 1. The van der Waals surface area contributed by atoms with E-state index in [0.29, 0.717) is 6.42 Å². The van der Waals surface area contributed by atoms with Crippen LogP contribution >= 0.6 is 11.3 Å². The molecule has 0 spiro atoms. The standard InChI is InChI=1S/C15H15NOS/c17-15(10-12-7-9-18-11-12)16-8-3-5-13-4-1-2-6-14(13)16/h1-2,4,6-7,9,11H,3,5,8,10H2. The molecule has 0 atom stereocenters. The molecule has 2 aromatic rings. The highest BCUT2D eigenvalue weighted by Crippen LogP contribution is 2.27. The average molecular weight is 257 g/mol. The summed E-state index contributed by atoms with van der Waals surface area (Å²) in [7, 11) is 0. The Hall–Kier alpha value is -1.61. The van der Waals surface area contributed by atoms with Gasteiger partial charge in [-0.15, -0.1) is 0 Å². The normalized spacial score (nSPS) is 14.3. The Morgan fingerprint density at radius 1 is 1.28 bits per heavy atom. The van der Waals surface area contributed by atoms with Crippen LogP contribution in [-0.2, 0) is 17.6 Å². The molecular weight excluding hydrogens is 242 g/mol. The van der Waals surface area contributed by atoms with Gasteiger partial charge in [0.15, 0.2) is 0 Å². The number of anilines is 1. The zero-order valence-electron chi connectivity index (χ0n) is 10.1. The zero-order valence-corrected chi connectivity index (χ0v) is 11.0. The number of para-hydroxylation sites is 1. The molecule has 0 saturated heterocycles. The highest BCUT2D eigenvalue weighted by Gasteiger charge is 2.21. The van der Waals surface area contributed by atoms with Gasteiger partial charge in [-0.25, -0.2) is 0 Å². The predicted octanol–water partition coefficient (Wildman–Crippen LogP) is 3.27. The highest BCUT2D eigenvalue weighted by molar-refractivity contribution is 7.08. The number of amides is 1. The number of benzene rings is 1.